The second kappa shape index (κ2) is 7.81. The van der Waals surface area contributed by atoms with Crippen molar-refractivity contribution in [1.82, 2.24) is 14.7 Å². The summed E-state index contributed by atoms with van der Waals surface area (Å²) < 4.78 is 12.3. The zero-order chi connectivity index (χ0) is 17.6. The molecule has 0 saturated carbocycles. The lowest BCUT2D eigenvalue weighted by atomic mass is 10.2. The molecule has 0 atom stereocenters. The molecule has 0 bridgehead atoms. The van der Waals surface area contributed by atoms with E-state index in [0.29, 0.717) is 25.7 Å². The van der Waals surface area contributed by atoms with Gasteiger partial charge in [-0.15, -0.1) is 5.10 Å². The third kappa shape index (κ3) is 4.58. The number of hydrogen-bond acceptors (Lipinski definition) is 5. The van der Waals surface area contributed by atoms with Crippen molar-refractivity contribution in [2.24, 2.45) is 0 Å². The third-order valence-electron chi connectivity index (χ3n) is 3.73. The second-order valence-corrected chi connectivity index (χ2v) is 5.92. The van der Waals surface area contributed by atoms with E-state index in [-0.39, 0.29) is 0 Å². The van der Waals surface area contributed by atoms with E-state index in [1.54, 1.807) is 0 Å². The summed E-state index contributed by atoms with van der Waals surface area (Å²) in [6, 6.07) is 17.3. The molecule has 0 spiro atoms. The van der Waals surface area contributed by atoms with E-state index in [1.807, 2.05) is 73.5 Å². The lowest BCUT2D eigenvalue weighted by Gasteiger charge is -2.16. The van der Waals surface area contributed by atoms with Crippen molar-refractivity contribution >= 4 is 0 Å². The Balaban J connectivity index is 1.55. The summed E-state index contributed by atoms with van der Waals surface area (Å²) in [5.41, 5.74) is 1.94. The van der Waals surface area contributed by atoms with E-state index < -0.39 is 5.76 Å². The van der Waals surface area contributed by atoms with Crippen LogP contribution in [-0.2, 0) is 6.67 Å². The van der Waals surface area contributed by atoms with Crippen LogP contribution in [0.2, 0.25) is 0 Å². The third-order valence-corrected chi connectivity index (χ3v) is 3.73. The second-order valence-electron chi connectivity index (χ2n) is 5.92. The molecule has 0 amide bonds. The first-order valence-corrected chi connectivity index (χ1v) is 8.13. The van der Waals surface area contributed by atoms with Gasteiger partial charge in [0, 0.05) is 12.1 Å². The minimum absolute atomic E-state index is 0.329. The highest BCUT2D eigenvalue weighted by molar-refractivity contribution is 5.51. The Hall–Kier alpha value is -2.86. The van der Waals surface area contributed by atoms with Gasteiger partial charge in [0.15, 0.2) is 0 Å². The Morgan fingerprint density at radius 1 is 1.16 bits per heavy atom. The number of ether oxygens (including phenoxy) is 1. The minimum atomic E-state index is -0.467. The maximum atomic E-state index is 12.0. The van der Waals surface area contributed by atoms with Gasteiger partial charge in [-0.25, -0.2) is 4.79 Å². The van der Waals surface area contributed by atoms with Crippen LogP contribution in [0.4, 0.5) is 0 Å². The molecule has 3 aromatic rings. The maximum absolute atomic E-state index is 12.0. The molecule has 0 N–H and O–H groups in total. The zero-order valence-electron chi connectivity index (χ0n) is 14.4. The van der Waals surface area contributed by atoms with Gasteiger partial charge >= 0.3 is 5.76 Å². The normalized spacial score (nSPS) is 11.0. The highest BCUT2D eigenvalue weighted by atomic mass is 16.5. The summed E-state index contributed by atoms with van der Waals surface area (Å²) in [5, 5.41) is 4.25. The first-order chi connectivity index (χ1) is 12.1. The molecule has 0 aliphatic heterocycles. The van der Waals surface area contributed by atoms with E-state index in [1.165, 1.54) is 4.68 Å². The number of hydrogen-bond donors (Lipinski definition) is 0. The van der Waals surface area contributed by atoms with Crippen LogP contribution in [0.1, 0.15) is 5.56 Å². The van der Waals surface area contributed by atoms with Gasteiger partial charge < -0.3 is 9.15 Å². The molecule has 0 fully saturated rings. The molecule has 6 nitrogen and oxygen atoms in total. The topological polar surface area (TPSA) is 60.5 Å². The Bertz CT molecular complexity index is 871. The fourth-order valence-corrected chi connectivity index (χ4v) is 2.42. The van der Waals surface area contributed by atoms with Crippen molar-refractivity contribution in [1.29, 1.82) is 0 Å². The molecule has 0 aliphatic rings. The van der Waals surface area contributed by atoms with Gasteiger partial charge in [-0.3, -0.25) is 4.90 Å². The maximum Gasteiger partial charge on any atom is 0.438 e. The molecule has 0 saturated heterocycles. The predicted molar refractivity (Wildman–Crippen MR) is 95.5 cm³/mol. The van der Waals surface area contributed by atoms with Crippen molar-refractivity contribution in [3.63, 3.8) is 0 Å². The SMILES string of the molecule is Cc1cccc(OCCN(C)Cn2nc(-c3ccccc3)oc2=O)c1. The Morgan fingerprint density at radius 2 is 1.96 bits per heavy atom. The number of aromatic nitrogens is 2. The van der Waals surface area contributed by atoms with Gasteiger partial charge in [0.2, 0.25) is 5.89 Å². The van der Waals surface area contributed by atoms with Crippen molar-refractivity contribution in [3.8, 4) is 17.2 Å². The van der Waals surface area contributed by atoms with Crippen LogP contribution in [0.25, 0.3) is 11.5 Å². The highest BCUT2D eigenvalue weighted by Crippen LogP contribution is 2.14. The largest absolute Gasteiger partial charge is 0.492 e. The average molecular weight is 339 g/mol. The van der Waals surface area contributed by atoms with Crippen molar-refractivity contribution < 1.29 is 9.15 Å². The predicted octanol–water partition coefficient (Wildman–Crippen LogP) is 2.78. The van der Waals surface area contributed by atoms with E-state index >= 15 is 0 Å². The number of nitrogens with zero attached hydrogens (tertiary/aromatic N) is 3. The molecule has 1 heterocycles. The van der Waals surface area contributed by atoms with Crippen LogP contribution in [0.5, 0.6) is 5.75 Å². The van der Waals surface area contributed by atoms with Gasteiger partial charge in [0.05, 0.1) is 0 Å². The summed E-state index contributed by atoms with van der Waals surface area (Å²) in [6.45, 7) is 3.55. The van der Waals surface area contributed by atoms with Crippen LogP contribution >= 0.6 is 0 Å². The molecule has 1 aromatic heterocycles. The Morgan fingerprint density at radius 3 is 2.72 bits per heavy atom. The molecule has 6 heteroatoms. The van der Waals surface area contributed by atoms with E-state index in [2.05, 4.69) is 5.10 Å². The lowest BCUT2D eigenvalue weighted by Crippen LogP contribution is -2.31. The number of likely N-dealkylation sites (N-methyl/N-ethyl adjacent to an activating group) is 1. The summed E-state index contributed by atoms with van der Waals surface area (Å²) in [6.07, 6.45) is 0. The smallest absolute Gasteiger partial charge is 0.438 e. The Labute approximate surface area is 146 Å². The number of aryl methyl sites for hydroxylation is 1. The van der Waals surface area contributed by atoms with Crippen LogP contribution in [0, 0.1) is 6.92 Å². The first-order valence-electron chi connectivity index (χ1n) is 8.13. The molecule has 130 valence electrons. The van der Waals surface area contributed by atoms with Crippen molar-refractivity contribution in [2.75, 3.05) is 20.2 Å². The zero-order valence-corrected chi connectivity index (χ0v) is 14.4. The van der Waals surface area contributed by atoms with Crippen LogP contribution in [0.3, 0.4) is 0 Å². The quantitative estimate of drug-likeness (QED) is 0.662. The molecule has 0 aliphatic carbocycles. The fourth-order valence-electron chi connectivity index (χ4n) is 2.42. The van der Waals surface area contributed by atoms with Gasteiger partial charge in [0.25, 0.3) is 0 Å². The monoisotopic (exact) mass is 339 g/mol. The van der Waals surface area contributed by atoms with Crippen LogP contribution in [0.15, 0.2) is 63.8 Å². The summed E-state index contributed by atoms with van der Waals surface area (Å²) in [4.78, 5) is 13.9. The van der Waals surface area contributed by atoms with E-state index in [4.69, 9.17) is 9.15 Å². The summed E-state index contributed by atoms with van der Waals surface area (Å²) in [7, 11) is 1.91. The first kappa shape index (κ1) is 17.0. The molecule has 0 unspecified atom stereocenters. The minimum Gasteiger partial charge on any atom is -0.492 e. The van der Waals surface area contributed by atoms with Gasteiger partial charge in [0.1, 0.15) is 19.0 Å². The van der Waals surface area contributed by atoms with Gasteiger partial charge in [-0.05, 0) is 43.8 Å². The molecule has 25 heavy (non-hydrogen) atoms. The molecular formula is C19H21N3O3. The van der Waals surface area contributed by atoms with Crippen molar-refractivity contribution in [3.05, 3.63) is 70.7 Å². The number of benzene rings is 2. The molecule has 3 rings (SSSR count). The van der Waals surface area contributed by atoms with Gasteiger partial charge in [-0.2, -0.15) is 4.68 Å². The molecule has 2 aromatic carbocycles. The van der Waals surface area contributed by atoms with Crippen LogP contribution < -0.4 is 10.5 Å². The average Bonchev–Trinajstić information content (AvgIpc) is 2.96. The highest BCUT2D eigenvalue weighted by Gasteiger charge is 2.11. The standard InChI is InChI=1S/C19H21N3O3/c1-15-7-6-10-17(13-15)24-12-11-21(2)14-22-19(23)25-18(20-22)16-8-4-3-5-9-16/h3-10,13H,11-12,14H2,1-2H3. The Kier molecular flexibility index (Phi) is 5.30. The fraction of sp³-hybridized carbons (Fsp3) is 0.263. The summed E-state index contributed by atoms with van der Waals surface area (Å²) >= 11 is 0. The van der Waals surface area contributed by atoms with Crippen molar-refractivity contribution in [2.45, 2.75) is 13.6 Å². The molecular weight excluding hydrogens is 318 g/mol. The summed E-state index contributed by atoms with van der Waals surface area (Å²) in [5.74, 6) is 0.707. The van der Waals surface area contributed by atoms with Gasteiger partial charge in [-0.1, -0.05) is 30.3 Å². The number of rotatable bonds is 7. The molecule has 0 radical (unpaired) electrons. The lowest BCUT2D eigenvalue weighted by molar-refractivity contribution is 0.194. The van der Waals surface area contributed by atoms with E-state index in [0.717, 1.165) is 16.9 Å². The van der Waals surface area contributed by atoms with E-state index in [9.17, 15) is 4.79 Å². The van der Waals surface area contributed by atoms with Crippen LogP contribution in [-0.4, -0.2) is 34.9 Å².